The van der Waals surface area contributed by atoms with E-state index in [0.717, 1.165) is 25.7 Å². The van der Waals surface area contributed by atoms with Gasteiger partial charge in [0.1, 0.15) is 48.4 Å². The summed E-state index contributed by atoms with van der Waals surface area (Å²) in [5.41, 5.74) is 5.04. The molecule has 0 radical (unpaired) electrons. The maximum Gasteiger partial charge on any atom is 0.509 e. The molecule has 2 aliphatic carbocycles. The van der Waals surface area contributed by atoms with Crippen LogP contribution in [0.15, 0.2) is 18.5 Å². The highest BCUT2D eigenvalue weighted by Gasteiger charge is 2.79. The van der Waals surface area contributed by atoms with Crippen LogP contribution in [0.1, 0.15) is 44.4 Å². The first-order valence-electron chi connectivity index (χ1n) is 12.0. The molecule has 0 aromatic carbocycles. The van der Waals surface area contributed by atoms with Gasteiger partial charge in [-0.2, -0.15) is 5.10 Å². The summed E-state index contributed by atoms with van der Waals surface area (Å²) in [7, 11) is 3.38. The van der Waals surface area contributed by atoms with Crippen molar-refractivity contribution in [3.63, 3.8) is 0 Å². The number of rotatable bonds is 7. The van der Waals surface area contributed by atoms with Crippen molar-refractivity contribution < 1.29 is 38.7 Å². The Hall–Kier alpha value is -3.00. The number of carbonyl (C=O) groups excluding carboxylic acids is 2. The molecule has 1 saturated heterocycles. The van der Waals surface area contributed by atoms with Crippen molar-refractivity contribution in [2.45, 2.75) is 80.9 Å². The van der Waals surface area contributed by atoms with Gasteiger partial charge in [-0.15, -0.1) is 0 Å². The fourth-order valence-corrected chi connectivity index (χ4v) is 5.31. The molecule has 196 valence electrons. The quantitative estimate of drug-likeness (QED) is 0.437. The van der Waals surface area contributed by atoms with Crippen LogP contribution in [0.25, 0.3) is 5.52 Å². The molecule has 3 heterocycles. The van der Waals surface area contributed by atoms with Gasteiger partial charge in [0, 0.05) is 0 Å². The van der Waals surface area contributed by atoms with Gasteiger partial charge in [-0.05, 0) is 58.8 Å². The van der Waals surface area contributed by atoms with Crippen LogP contribution in [0.5, 0.6) is 0 Å². The number of nitrogens with two attached hydrogens (primary N) is 1. The Morgan fingerprint density at radius 3 is 2.64 bits per heavy atom. The zero-order chi connectivity index (χ0) is 25.8. The van der Waals surface area contributed by atoms with Crippen LogP contribution in [-0.2, 0) is 23.7 Å². The second kappa shape index (κ2) is 9.14. The smallest absolute Gasteiger partial charge is 0.461 e. The van der Waals surface area contributed by atoms with Crippen molar-refractivity contribution in [3.8, 4) is 0 Å². The molecule has 2 saturated carbocycles. The normalized spacial score (nSPS) is 31.3. The minimum atomic E-state index is -1.81. The molecule has 2 aromatic rings. The monoisotopic (exact) mass is 505 g/mol. The predicted octanol–water partition coefficient (Wildman–Crippen LogP) is 0.183. The minimum Gasteiger partial charge on any atom is -0.461 e. The van der Waals surface area contributed by atoms with Crippen LogP contribution in [0.3, 0.4) is 0 Å². The van der Waals surface area contributed by atoms with Crippen LogP contribution in [-0.4, -0.2) is 98.1 Å². The number of carbonyl (C=O) groups is 2. The molecule has 0 spiro atoms. The fourth-order valence-electron chi connectivity index (χ4n) is 5.31. The molecule has 3 fully saturated rings. The van der Waals surface area contributed by atoms with Gasteiger partial charge in [-0.25, -0.2) is 14.3 Å². The van der Waals surface area contributed by atoms with Crippen molar-refractivity contribution >= 4 is 23.5 Å². The molecule has 0 amide bonds. The first kappa shape index (κ1) is 24.7. The number of aliphatic hydroxyl groups is 2. The van der Waals surface area contributed by atoms with Crippen LogP contribution in [0.4, 0.5) is 10.6 Å². The van der Waals surface area contributed by atoms with E-state index in [-0.39, 0.29) is 11.9 Å². The third-order valence-corrected chi connectivity index (χ3v) is 7.27. The Kier molecular flexibility index (Phi) is 6.27. The van der Waals surface area contributed by atoms with Gasteiger partial charge in [0.25, 0.3) is 0 Å². The second-order valence-corrected chi connectivity index (χ2v) is 9.87. The molecular formula is C23H31N5O8. The van der Waals surface area contributed by atoms with Crippen LogP contribution in [0, 0.1) is 0 Å². The molecule has 4 N–H and O–H groups in total. The third kappa shape index (κ3) is 4.05. The predicted molar refractivity (Wildman–Crippen MR) is 123 cm³/mol. The molecule has 7 atom stereocenters. The number of fused-ring (bicyclic) bond motifs is 2. The Labute approximate surface area is 207 Å². The first-order valence-corrected chi connectivity index (χ1v) is 12.0. The molecule has 3 aliphatic rings. The molecule has 13 heteroatoms. The highest BCUT2D eigenvalue weighted by Crippen LogP contribution is 2.56. The highest BCUT2D eigenvalue weighted by atomic mass is 16.8. The lowest BCUT2D eigenvalue weighted by Gasteiger charge is -2.29. The molecule has 1 aliphatic heterocycles. The van der Waals surface area contributed by atoms with E-state index in [0.29, 0.717) is 11.2 Å². The zero-order valence-corrected chi connectivity index (χ0v) is 20.3. The molecule has 0 bridgehead atoms. The van der Waals surface area contributed by atoms with E-state index in [2.05, 4.69) is 10.1 Å². The lowest BCUT2D eigenvalue weighted by atomic mass is 10.1. The molecule has 13 nitrogen and oxygen atoms in total. The van der Waals surface area contributed by atoms with Gasteiger partial charge in [0.15, 0.2) is 17.5 Å². The standard InChI is InChI=1S/C23H31N5O8/c1-11(15(27(2)3)21(30)34-12-6-4-5-7-12)33-22(31)36-19-18-23(19,32)17(29)16(35-18)13-8-9-14-20(24)25-10-26-28(13)14/h8-12,15-19,29,32H,4-7H2,1-3H3,(H2,24,25,26)/t11-,15+,16+,17+,18-,19?,23+/m1/s1. The number of esters is 1. The van der Waals surface area contributed by atoms with E-state index < -0.39 is 54.3 Å². The Morgan fingerprint density at radius 2 is 2.00 bits per heavy atom. The van der Waals surface area contributed by atoms with Gasteiger partial charge in [-0.3, -0.25) is 9.69 Å². The summed E-state index contributed by atoms with van der Waals surface area (Å²) in [5.74, 6) is -0.214. The van der Waals surface area contributed by atoms with Gasteiger partial charge < -0.3 is 34.9 Å². The number of likely N-dealkylation sites (N-methyl/N-ethyl adjacent to an activating group) is 1. The average Bonchev–Trinajstić information content (AvgIpc) is 3.29. The molecule has 5 rings (SSSR count). The van der Waals surface area contributed by atoms with Gasteiger partial charge in [0.2, 0.25) is 0 Å². The summed E-state index contributed by atoms with van der Waals surface area (Å²) < 4.78 is 23.5. The van der Waals surface area contributed by atoms with Crippen molar-refractivity contribution in [1.82, 2.24) is 19.5 Å². The zero-order valence-electron chi connectivity index (χ0n) is 20.3. The van der Waals surface area contributed by atoms with Crippen LogP contribution < -0.4 is 5.73 Å². The molecular weight excluding hydrogens is 474 g/mol. The maximum atomic E-state index is 12.7. The summed E-state index contributed by atoms with van der Waals surface area (Å²) in [6, 6.07) is 2.52. The van der Waals surface area contributed by atoms with E-state index >= 15 is 0 Å². The number of nitrogen functional groups attached to an aromatic ring is 1. The largest absolute Gasteiger partial charge is 0.509 e. The molecule has 1 unspecified atom stereocenters. The summed E-state index contributed by atoms with van der Waals surface area (Å²) >= 11 is 0. The number of hydrogen-bond acceptors (Lipinski definition) is 12. The Morgan fingerprint density at radius 1 is 1.28 bits per heavy atom. The summed E-state index contributed by atoms with van der Waals surface area (Å²) in [6.45, 7) is 1.57. The lowest BCUT2D eigenvalue weighted by molar-refractivity contribution is -0.158. The van der Waals surface area contributed by atoms with Crippen molar-refractivity contribution in [2.75, 3.05) is 19.8 Å². The summed E-state index contributed by atoms with van der Waals surface area (Å²) in [6.07, 6.45) is -1.53. The number of hydrogen-bond donors (Lipinski definition) is 3. The highest BCUT2D eigenvalue weighted by molar-refractivity contribution is 5.77. The SMILES string of the molecule is C[C@@H](OC(=O)OC1[C@H]2O[C@@H](c3ccc4c(N)ncnn34)[C@H](O)[C@@]12O)[C@@H](C(=O)OC1CCCC1)N(C)C. The Bertz CT molecular complexity index is 1150. The third-order valence-electron chi connectivity index (χ3n) is 7.27. The minimum absolute atomic E-state index is 0.119. The lowest BCUT2D eigenvalue weighted by Crippen LogP contribution is -2.47. The second-order valence-electron chi connectivity index (χ2n) is 9.87. The summed E-state index contributed by atoms with van der Waals surface area (Å²) in [4.78, 5) is 30.7. The van der Waals surface area contributed by atoms with Crippen molar-refractivity contribution in [3.05, 3.63) is 24.2 Å². The number of aliphatic hydroxyl groups excluding tert-OH is 1. The van der Waals surface area contributed by atoms with E-state index in [4.69, 9.17) is 24.7 Å². The van der Waals surface area contributed by atoms with Gasteiger partial charge in [-0.1, -0.05) is 0 Å². The average molecular weight is 506 g/mol. The first-order chi connectivity index (χ1) is 17.1. The van der Waals surface area contributed by atoms with E-state index in [1.54, 1.807) is 38.1 Å². The van der Waals surface area contributed by atoms with E-state index in [9.17, 15) is 19.8 Å². The van der Waals surface area contributed by atoms with E-state index in [1.165, 1.54) is 10.8 Å². The topological polar surface area (TPSA) is 171 Å². The van der Waals surface area contributed by atoms with Crippen LogP contribution in [0.2, 0.25) is 0 Å². The fraction of sp³-hybridized carbons (Fsp3) is 0.652. The number of anilines is 1. The number of nitrogens with zero attached hydrogens (tertiary/aromatic N) is 4. The van der Waals surface area contributed by atoms with Crippen LogP contribution >= 0.6 is 0 Å². The van der Waals surface area contributed by atoms with Crippen molar-refractivity contribution in [1.29, 1.82) is 0 Å². The maximum absolute atomic E-state index is 12.7. The summed E-state index contributed by atoms with van der Waals surface area (Å²) in [5, 5.41) is 25.9. The van der Waals surface area contributed by atoms with Gasteiger partial charge in [0.05, 0.1) is 5.69 Å². The number of ether oxygens (including phenoxy) is 4. The molecule has 2 aromatic heterocycles. The van der Waals surface area contributed by atoms with E-state index in [1.807, 2.05) is 0 Å². The Balaban J connectivity index is 1.19. The van der Waals surface area contributed by atoms with Crippen molar-refractivity contribution in [2.24, 2.45) is 0 Å². The number of aromatic nitrogens is 3. The van der Waals surface area contributed by atoms with Gasteiger partial charge >= 0.3 is 12.1 Å². The molecule has 36 heavy (non-hydrogen) atoms.